The Kier molecular flexibility index (Phi) is 4.09. The number of likely N-dealkylation sites (tertiary alicyclic amines) is 1. The summed E-state index contributed by atoms with van der Waals surface area (Å²) in [6.45, 7) is 5.80. The maximum atomic E-state index is 12.2. The molecule has 118 valence electrons. The van der Waals surface area contributed by atoms with Gasteiger partial charge >= 0.3 is 0 Å². The molecule has 0 spiro atoms. The summed E-state index contributed by atoms with van der Waals surface area (Å²) >= 11 is 0. The number of nitrogens with zero attached hydrogens (tertiary/aromatic N) is 5. The van der Waals surface area contributed by atoms with E-state index in [9.17, 15) is 4.79 Å². The molecule has 3 rings (SSSR count). The first-order valence-electron chi connectivity index (χ1n) is 7.97. The van der Waals surface area contributed by atoms with Gasteiger partial charge in [0.1, 0.15) is 5.52 Å². The predicted octanol–water partition coefficient (Wildman–Crippen LogP) is 2.12. The molecule has 0 aromatic carbocycles. The lowest BCUT2D eigenvalue weighted by Gasteiger charge is -2.31. The molecule has 1 aliphatic rings. The summed E-state index contributed by atoms with van der Waals surface area (Å²) in [4.78, 5) is 22.9. The van der Waals surface area contributed by atoms with Crippen LogP contribution >= 0.6 is 0 Å². The molecule has 6 nitrogen and oxygen atoms in total. The number of carbonyl (C=O) groups excluding carboxylic acids is 1. The fourth-order valence-corrected chi connectivity index (χ4v) is 3.16. The second kappa shape index (κ2) is 6.02. The van der Waals surface area contributed by atoms with Crippen molar-refractivity contribution < 1.29 is 4.79 Å². The Morgan fingerprint density at radius 2 is 1.95 bits per heavy atom. The number of hydrogen-bond acceptors (Lipinski definition) is 4. The topological polar surface area (TPSA) is 63.9 Å². The largest absolute Gasteiger partial charge is 0.343 e. The van der Waals surface area contributed by atoms with Gasteiger partial charge in [0.15, 0.2) is 5.65 Å². The summed E-state index contributed by atoms with van der Waals surface area (Å²) in [7, 11) is 1.90. The third-order valence-electron chi connectivity index (χ3n) is 4.30. The quantitative estimate of drug-likeness (QED) is 0.871. The molecule has 0 N–H and O–H groups in total. The van der Waals surface area contributed by atoms with Gasteiger partial charge < -0.3 is 4.90 Å². The van der Waals surface area contributed by atoms with E-state index in [-0.39, 0.29) is 5.91 Å². The van der Waals surface area contributed by atoms with E-state index in [1.165, 1.54) is 0 Å². The highest BCUT2D eigenvalue weighted by Crippen LogP contribution is 2.31. The number of carbonyl (C=O) groups is 1. The Morgan fingerprint density at radius 1 is 1.27 bits per heavy atom. The van der Waals surface area contributed by atoms with Crippen molar-refractivity contribution in [1.82, 2.24) is 24.6 Å². The maximum Gasteiger partial charge on any atom is 0.222 e. The summed E-state index contributed by atoms with van der Waals surface area (Å²) in [5.74, 6) is 1.06. The van der Waals surface area contributed by atoms with Crippen LogP contribution in [-0.4, -0.2) is 43.6 Å². The van der Waals surface area contributed by atoms with E-state index < -0.39 is 0 Å². The average Bonchev–Trinajstić information content (AvgIpc) is 2.84. The van der Waals surface area contributed by atoms with Gasteiger partial charge in [0.2, 0.25) is 5.91 Å². The van der Waals surface area contributed by atoms with Gasteiger partial charge in [-0.3, -0.25) is 4.79 Å². The third-order valence-corrected chi connectivity index (χ3v) is 4.30. The van der Waals surface area contributed by atoms with E-state index in [0.717, 1.165) is 42.8 Å². The molecule has 3 heterocycles. The predicted molar refractivity (Wildman–Crippen MR) is 84.3 cm³/mol. The van der Waals surface area contributed by atoms with E-state index in [4.69, 9.17) is 0 Å². The molecule has 0 aliphatic carbocycles. The van der Waals surface area contributed by atoms with E-state index in [0.29, 0.717) is 18.3 Å². The van der Waals surface area contributed by atoms with Gasteiger partial charge in [-0.05, 0) is 18.8 Å². The fraction of sp³-hybridized carbons (Fsp3) is 0.625. The van der Waals surface area contributed by atoms with Crippen molar-refractivity contribution >= 4 is 17.1 Å². The van der Waals surface area contributed by atoms with Crippen LogP contribution in [0.25, 0.3) is 11.2 Å². The van der Waals surface area contributed by atoms with E-state index >= 15 is 0 Å². The summed E-state index contributed by atoms with van der Waals surface area (Å²) in [5, 5.41) is 4.62. The highest BCUT2D eigenvalue weighted by molar-refractivity contribution is 5.77. The maximum absolute atomic E-state index is 12.2. The van der Waals surface area contributed by atoms with E-state index in [1.807, 2.05) is 11.9 Å². The Hall–Kier alpha value is -1.98. The molecule has 0 saturated carbocycles. The molecule has 0 radical (unpaired) electrons. The average molecular weight is 301 g/mol. The van der Waals surface area contributed by atoms with Gasteiger partial charge in [0, 0.05) is 44.9 Å². The monoisotopic (exact) mass is 301 g/mol. The van der Waals surface area contributed by atoms with Crippen molar-refractivity contribution in [3.63, 3.8) is 0 Å². The summed E-state index contributed by atoms with van der Waals surface area (Å²) in [6.07, 6.45) is 5.96. The molecule has 0 unspecified atom stereocenters. The van der Waals surface area contributed by atoms with Gasteiger partial charge in [-0.1, -0.05) is 13.8 Å². The Balaban J connectivity index is 1.72. The minimum Gasteiger partial charge on any atom is -0.343 e. The SMILES string of the molecule is CC(C)CC(=O)N1CCC(c2nn(C)c3nccnc23)CC1. The van der Waals surface area contributed by atoms with Crippen LogP contribution in [-0.2, 0) is 11.8 Å². The lowest BCUT2D eigenvalue weighted by molar-refractivity contribution is -0.133. The minimum atomic E-state index is 0.277. The molecule has 22 heavy (non-hydrogen) atoms. The first-order chi connectivity index (χ1) is 10.6. The normalized spacial score (nSPS) is 16.6. The zero-order chi connectivity index (χ0) is 15.7. The number of piperidine rings is 1. The van der Waals surface area contributed by atoms with Crippen molar-refractivity contribution in [2.75, 3.05) is 13.1 Å². The van der Waals surface area contributed by atoms with Crippen LogP contribution in [0.2, 0.25) is 0 Å². The van der Waals surface area contributed by atoms with Crippen LogP contribution in [0, 0.1) is 5.92 Å². The number of aryl methyl sites for hydroxylation is 1. The van der Waals surface area contributed by atoms with Crippen LogP contribution in [0.15, 0.2) is 12.4 Å². The smallest absolute Gasteiger partial charge is 0.222 e. The molecule has 0 bridgehead atoms. The zero-order valence-electron chi connectivity index (χ0n) is 13.5. The van der Waals surface area contributed by atoms with Gasteiger partial charge in [-0.25, -0.2) is 14.6 Å². The molecule has 1 saturated heterocycles. The van der Waals surface area contributed by atoms with Crippen LogP contribution < -0.4 is 0 Å². The van der Waals surface area contributed by atoms with Crippen LogP contribution in [0.4, 0.5) is 0 Å². The minimum absolute atomic E-state index is 0.277. The Morgan fingerprint density at radius 3 is 2.64 bits per heavy atom. The molecule has 2 aromatic rings. The van der Waals surface area contributed by atoms with Gasteiger partial charge in [-0.15, -0.1) is 0 Å². The lowest BCUT2D eigenvalue weighted by atomic mass is 9.92. The second-order valence-corrected chi connectivity index (χ2v) is 6.49. The van der Waals surface area contributed by atoms with Crippen LogP contribution in [0.5, 0.6) is 0 Å². The first kappa shape index (κ1) is 14.9. The number of amides is 1. The number of hydrogen-bond donors (Lipinski definition) is 0. The van der Waals surface area contributed by atoms with Crippen LogP contribution in [0.1, 0.15) is 44.7 Å². The van der Waals surface area contributed by atoms with E-state index in [1.54, 1.807) is 17.1 Å². The zero-order valence-corrected chi connectivity index (χ0v) is 13.5. The number of aromatic nitrogens is 4. The number of rotatable bonds is 3. The molecule has 2 aromatic heterocycles. The fourth-order valence-electron chi connectivity index (χ4n) is 3.16. The van der Waals surface area contributed by atoms with Crippen molar-refractivity contribution in [3.05, 3.63) is 18.1 Å². The van der Waals surface area contributed by atoms with Crippen molar-refractivity contribution in [1.29, 1.82) is 0 Å². The summed E-state index contributed by atoms with van der Waals surface area (Å²) < 4.78 is 1.80. The first-order valence-corrected chi connectivity index (χ1v) is 7.97. The summed E-state index contributed by atoms with van der Waals surface area (Å²) in [5.41, 5.74) is 2.76. The molecule has 1 fully saturated rings. The third kappa shape index (κ3) is 2.82. The Labute approximate surface area is 130 Å². The van der Waals surface area contributed by atoms with Crippen molar-refractivity contribution in [3.8, 4) is 0 Å². The molecule has 1 amide bonds. The molecular weight excluding hydrogens is 278 g/mol. The van der Waals surface area contributed by atoms with E-state index in [2.05, 4.69) is 28.9 Å². The lowest BCUT2D eigenvalue weighted by Crippen LogP contribution is -2.38. The standard InChI is InChI=1S/C16H23N5O/c1-11(2)10-13(22)21-8-4-12(5-9-21)14-15-16(20(3)19-14)18-7-6-17-15/h6-7,11-12H,4-5,8-10H2,1-3H3. The second-order valence-electron chi connectivity index (χ2n) is 6.49. The van der Waals surface area contributed by atoms with Crippen LogP contribution in [0.3, 0.4) is 0 Å². The molecule has 0 atom stereocenters. The number of fused-ring (bicyclic) bond motifs is 1. The Bertz CT molecular complexity index is 670. The highest BCUT2D eigenvalue weighted by atomic mass is 16.2. The summed E-state index contributed by atoms with van der Waals surface area (Å²) in [6, 6.07) is 0. The molecular formula is C16H23N5O. The molecule has 6 heteroatoms. The van der Waals surface area contributed by atoms with Crippen molar-refractivity contribution in [2.45, 2.75) is 39.0 Å². The molecule has 1 aliphatic heterocycles. The van der Waals surface area contributed by atoms with Gasteiger partial charge in [-0.2, -0.15) is 5.10 Å². The van der Waals surface area contributed by atoms with Gasteiger partial charge in [0.25, 0.3) is 0 Å². The van der Waals surface area contributed by atoms with Gasteiger partial charge in [0.05, 0.1) is 5.69 Å². The highest BCUT2D eigenvalue weighted by Gasteiger charge is 2.27. The van der Waals surface area contributed by atoms with Crippen molar-refractivity contribution in [2.24, 2.45) is 13.0 Å².